The molecule has 4 nitrogen and oxygen atoms in total. The van der Waals surface area contributed by atoms with E-state index in [0.29, 0.717) is 11.4 Å². The third-order valence-electron chi connectivity index (χ3n) is 3.65. The van der Waals surface area contributed by atoms with Gasteiger partial charge in [-0.2, -0.15) is 0 Å². The number of benzene rings is 2. The van der Waals surface area contributed by atoms with Crippen molar-refractivity contribution >= 4 is 39.1 Å². The minimum atomic E-state index is -0.694. The largest absolute Gasteiger partial charge is 0.318 e. The van der Waals surface area contributed by atoms with E-state index in [2.05, 4.69) is 47.3 Å². The van der Waals surface area contributed by atoms with E-state index in [0.717, 1.165) is 15.6 Å². The van der Waals surface area contributed by atoms with E-state index >= 15 is 0 Å². The summed E-state index contributed by atoms with van der Waals surface area (Å²) in [6.07, 6.45) is 0. The summed E-state index contributed by atoms with van der Waals surface area (Å²) in [4.78, 5) is 24.1. The van der Waals surface area contributed by atoms with Crippen LogP contribution < -0.4 is 10.6 Å². The molecule has 0 saturated heterocycles. The average Bonchev–Trinajstić information content (AvgIpc) is 2.49. The molecule has 2 aromatic carbocycles. The summed E-state index contributed by atoms with van der Waals surface area (Å²) < 4.78 is 0.918. The highest BCUT2D eigenvalue weighted by atomic mass is 79.9. The van der Waals surface area contributed by atoms with Crippen molar-refractivity contribution < 1.29 is 9.59 Å². The van der Waals surface area contributed by atoms with E-state index in [1.807, 2.05) is 31.2 Å². The van der Waals surface area contributed by atoms with Crippen LogP contribution in [0.3, 0.4) is 0 Å². The van der Waals surface area contributed by atoms with Gasteiger partial charge in [0.05, 0.1) is 0 Å². The molecule has 0 heterocycles. The number of carbonyl (C=O) groups excluding carboxylic acids is 2. The highest BCUT2D eigenvalue weighted by Crippen LogP contribution is 2.23. The van der Waals surface area contributed by atoms with Gasteiger partial charge in [-0.3, -0.25) is 9.59 Å². The molecule has 0 spiro atoms. The van der Waals surface area contributed by atoms with Gasteiger partial charge in [0, 0.05) is 15.8 Å². The molecule has 2 aromatic rings. The second-order valence-electron chi connectivity index (χ2n) is 6.69. The Morgan fingerprint density at radius 1 is 0.917 bits per heavy atom. The number of nitrogens with one attached hydrogen (secondary N) is 2. The maximum atomic E-state index is 12.0. The predicted octanol–water partition coefficient (Wildman–Crippen LogP) is 4.63. The second kappa shape index (κ2) is 7.18. The van der Waals surface area contributed by atoms with Gasteiger partial charge in [0.15, 0.2) is 0 Å². The zero-order chi connectivity index (χ0) is 17.9. The molecule has 0 saturated carbocycles. The first-order valence-electron chi connectivity index (χ1n) is 7.66. The molecule has 0 radical (unpaired) electrons. The van der Waals surface area contributed by atoms with Gasteiger partial charge in [-0.1, -0.05) is 48.8 Å². The lowest BCUT2D eigenvalue weighted by Gasteiger charge is -2.19. The molecule has 2 amide bonds. The zero-order valence-corrected chi connectivity index (χ0v) is 15.8. The van der Waals surface area contributed by atoms with Crippen LogP contribution >= 0.6 is 15.9 Å². The Morgan fingerprint density at radius 3 is 2.04 bits per heavy atom. The number of hydrogen-bond donors (Lipinski definition) is 2. The van der Waals surface area contributed by atoms with Crippen molar-refractivity contribution in [1.82, 2.24) is 0 Å². The molecule has 0 unspecified atom stereocenters. The Hall–Kier alpha value is -2.14. The van der Waals surface area contributed by atoms with E-state index in [-0.39, 0.29) is 5.41 Å². The van der Waals surface area contributed by atoms with Crippen molar-refractivity contribution in [3.8, 4) is 0 Å². The summed E-state index contributed by atoms with van der Waals surface area (Å²) in [6.45, 7) is 8.22. The Labute approximate surface area is 150 Å². The molecule has 0 aliphatic heterocycles. The topological polar surface area (TPSA) is 58.2 Å². The lowest BCUT2D eigenvalue weighted by atomic mass is 9.87. The van der Waals surface area contributed by atoms with Gasteiger partial charge >= 0.3 is 11.8 Å². The van der Waals surface area contributed by atoms with Crippen LogP contribution in [0.4, 0.5) is 11.4 Å². The Balaban J connectivity index is 2.02. The molecular formula is C19H21BrN2O2. The fourth-order valence-corrected chi connectivity index (χ4v) is 2.66. The smallest absolute Gasteiger partial charge is 0.314 e. The predicted molar refractivity (Wildman–Crippen MR) is 101 cm³/mol. The van der Waals surface area contributed by atoms with Crippen molar-refractivity contribution in [2.75, 3.05) is 10.6 Å². The van der Waals surface area contributed by atoms with Gasteiger partial charge in [0.25, 0.3) is 0 Å². The highest BCUT2D eigenvalue weighted by Gasteiger charge is 2.16. The molecule has 0 fully saturated rings. The van der Waals surface area contributed by atoms with Crippen molar-refractivity contribution in [1.29, 1.82) is 0 Å². The second-order valence-corrected chi connectivity index (χ2v) is 7.61. The zero-order valence-electron chi connectivity index (χ0n) is 14.2. The molecule has 0 aromatic heterocycles. The van der Waals surface area contributed by atoms with Crippen molar-refractivity contribution in [3.05, 3.63) is 58.1 Å². The Kier molecular flexibility index (Phi) is 5.44. The number of anilines is 2. The molecule has 0 atom stereocenters. The third kappa shape index (κ3) is 4.68. The van der Waals surface area contributed by atoms with Crippen molar-refractivity contribution in [2.45, 2.75) is 33.1 Å². The van der Waals surface area contributed by atoms with E-state index in [1.54, 1.807) is 18.2 Å². The van der Waals surface area contributed by atoms with Gasteiger partial charge in [0.1, 0.15) is 0 Å². The van der Waals surface area contributed by atoms with Crippen LogP contribution in [-0.4, -0.2) is 11.8 Å². The number of hydrogen-bond acceptors (Lipinski definition) is 2. The SMILES string of the molecule is Cc1cc(Br)ccc1NC(=O)C(=O)Nc1ccc(C(C)(C)C)cc1. The molecule has 24 heavy (non-hydrogen) atoms. The van der Waals surface area contributed by atoms with Crippen LogP contribution in [0.15, 0.2) is 46.9 Å². The standard InChI is InChI=1S/C19H21BrN2O2/c1-12-11-14(20)7-10-16(12)22-18(24)17(23)21-15-8-5-13(6-9-15)19(2,3)4/h5-11H,1-4H3,(H,21,23)(H,22,24). The maximum Gasteiger partial charge on any atom is 0.314 e. The van der Waals surface area contributed by atoms with Gasteiger partial charge in [-0.25, -0.2) is 0 Å². The fraction of sp³-hybridized carbons (Fsp3) is 0.263. The first-order chi connectivity index (χ1) is 11.2. The van der Waals surface area contributed by atoms with Crippen LogP contribution in [0, 0.1) is 6.92 Å². The van der Waals surface area contributed by atoms with E-state index in [1.165, 1.54) is 0 Å². The quantitative estimate of drug-likeness (QED) is 0.736. The number of carbonyl (C=O) groups is 2. The monoisotopic (exact) mass is 388 g/mol. The van der Waals surface area contributed by atoms with E-state index in [9.17, 15) is 9.59 Å². The van der Waals surface area contributed by atoms with Gasteiger partial charge in [-0.15, -0.1) is 0 Å². The lowest BCUT2D eigenvalue weighted by molar-refractivity contribution is -0.133. The molecule has 2 N–H and O–H groups in total. The van der Waals surface area contributed by atoms with Gasteiger partial charge in [0.2, 0.25) is 0 Å². The summed E-state index contributed by atoms with van der Waals surface area (Å²) in [6, 6.07) is 12.9. The Bertz CT molecular complexity index is 762. The number of rotatable bonds is 2. The molecule has 0 aliphatic rings. The lowest BCUT2D eigenvalue weighted by Crippen LogP contribution is -2.29. The first kappa shape index (κ1) is 18.2. The van der Waals surface area contributed by atoms with Crippen LogP contribution in [0.2, 0.25) is 0 Å². The maximum absolute atomic E-state index is 12.0. The summed E-state index contributed by atoms with van der Waals surface area (Å²) in [5.41, 5.74) is 3.28. The molecule has 126 valence electrons. The van der Waals surface area contributed by atoms with E-state index < -0.39 is 11.8 Å². The molecule has 0 bridgehead atoms. The summed E-state index contributed by atoms with van der Waals surface area (Å²) in [5, 5.41) is 5.23. The normalized spacial score (nSPS) is 11.0. The third-order valence-corrected chi connectivity index (χ3v) is 4.14. The van der Waals surface area contributed by atoms with Crippen molar-refractivity contribution in [3.63, 3.8) is 0 Å². The van der Waals surface area contributed by atoms with Crippen LogP contribution in [-0.2, 0) is 15.0 Å². The average molecular weight is 389 g/mol. The molecule has 5 heteroatoms. The number of amides is 2. The molecule has 2 rings (SSSR count). The van der Waals surface area contributed by atoms with Crippen LogP contribution in [0.1, 0.15) is 31.9 Å². The van der Waals surface area contributed by atoms with Crippen molar-refractivity contribution in [2.24, 2.45) is 0 Å². The summed E-state index contributed by atoms with van der Waals surface area (Å²) in [5.74, 6) is -1.39. The first-order valence-corrected chi connectivity index (χ1v) is 8.45. The van der Waals surface area contributed by atoms with Crippen LogP contribution in [0.25, 0.3) is 0 Å². The number of halogens is 1. The summed E-state index contributed by atoms with van der Waals surface area (Å²) >= 11 is 3.36. The molecule has 0 aliphatic carbocycles. The van der Waals surface area contributed by atoms with Crippen LogP contribution in [0.5, 0.6) is 0 Å². The Morgan fingerprint density at radius 2 is 1.50 bits per heavy atom. The van der Waals surface area contributed by atoms with Gasteiger partial charge in [-0.05, 0) is 53.8 Å². The fourth-order valence-electron chi connectivity index (χ4n) is 2.19. The van der Waals surface area contributed by atoms with E-state index in [4.69, 9.17) is 0 Å². The summed E-state index contributed by atoms with van der Waals surface area (Å²) in [7, 11) is 0. The number of aryl methyl sites for hydroxylation is 1. The highest BCUT2D eigenvalue weighted by molar-refractivity contribution is 9.10. The molecular weight excluding hydrogens is 368 g/mol. The van der Waals surface area contributed by atoms with Gasteiger partial charge < -0.3 is 10.6 Å². The minimum absolute atomic E-state index is 0.0407. The minimum Gasteiger partial charge on any atom is -0.318 e.